The van der Waals surface area contributed by atoms with E-state index in [4.69, 9.17) is 11.2 Å². The first-order valence-electron chi connectivity index (χ1n) is 9.87. The van der Waals surface area contributed by atoms with Gasteiger partial charge in [0.25, 0.3) is 0 Å². The fraction of sp³-hybridized carbons (Fsp3) is 0.652. The number of allylic oxidation sites excluding steroid dienone is 4. The molecular weight excluding hydrogens is 324 g/mol. The van der Waals surface area contributed by atoms with Gasteiger partial charge in [-0.05, 0) is 68.4 Å². The minimum atomic E-state index is -0.760. The number of rotatable bonds is 1. The Balaban J connectivity index is 1.70. The van der Waals surface area contributed by atoms with Gasteiger partial charge in [0, 0.05) is 17.8 Å². The van der Waals surface area contributed by atoms with Crippen molar-refractivity contribution < 1.29 is 14.3 Å². The van der Waals surface area contributed by atoms with E-state index >= 15 is 0 Å². The zero-order valence-electron chi connectivity index (χ0n) is 16.0. The molecule has 0 aromatic heterocycles. The maximum atomic E-state index is 11.8. The van der Waals surface area contributed by atoms with E-state index in [2.05, 4.69) is 25.8 Å². The van der Waals surface area contributed by atoms with Crippen molar-refractivity contribution in [1.29, 1.82) is 0 Å². The molecule has 0 heterocycles. The molecule has 0 bridgehead atoms. The van der Waals surface area contributed by atoms with Crippen LogP contribution in [0.25, 0.3) is 0 Å². The molecule has 0 spiro atoms. The van der Waals surface area contributed by atoms with Crippen LogP contribution >= 0.6 is 0 Å². The molecule has 0 aromatic rings. The Kier molecular flexibility index (Phi) is 3.78. The average molecular weight is 352 g/mol. The summed E-state index contributed by atoms with van der Waals surface area (Å²) in [6, 6.07) is 0. The molecule has 3 nitrogen and oxygen atoms in total. The highest BCUT2D eigenvalue weighted by Crippen LogP contribution is 2.67. The van der Waals surface area contributed by atoms with Gasteiger partial charge in [0.1, 0.15) is 0 Å². The Bertz CT molecular complexity index is 769. The highest BCUT2D eigenvalue weighted by molar-refractivity contribution is 6.01. The van der Waals surface area contributed by atoms with E-state index in [9.17, 15) is 9.59 Å². The molecule has 4 aliphatic rings. The van der Waals surface area contributed by atoms with E-state index in [-0.39, 0.29) is 22.6 Å². The fourth-order valence-corrected chi connectivity index (χ4v) is 6.88. The highest BCUT2D eigenvalue weighted by Gasteiger charge is 2.65. The van der Waals surface area contributed by atoms with Gasteiger partial charge in [0.05, 0.1) is 0 Å². The molecule has 0 unspecified atom stereocenters. The van der Waals surface area contributed by atoms with Crippen molar-refractivity contribution in [3.8, 4) is 12.3 Å². The van der Waals surface area contributed by atoms with Crippen LogP contribution in [0.1, 0.15) is 59.3 Å². The molecule has 0 amide bonds. The zero-order valence-corrected chi connectivity index (χ0v) is 16.0. The first kappa shape index (κ1) is 17.6. The van der Waals surface area contributed by atoms with Crippen molar-refractivity contribution in [3.05, 3.63) is 23.8 Å². The summed E-state index contributed by atoms with van der Waals surface area (Å²) in [5.74, 6) is 4.33. The van der Waals surface area contributed by atoms with Crippen molar-refractivity contribution in [1.82, 2.24) is 0 Å². The van der Waals surface area contributed by atoms with Gasteiger partial charge in [-0.25, -0.2) is 0 Å². The van der Waals surface area contributed by atoms with Crippen LogP contribution in [0.5, 0.6) is 0 Å². The van der Waals surface area contributed by atoms with Gasteiger partial charge in [-0.2, -0.15) is 0 Å². The first-order chi connectivity index (χ1) is 12.3. The van der Waals surface area contributed by atoms with Gasteiger partial charge < -0.3 is 4.74 Å². The quantitative estimate of drug-likeness (QED) is 0.524. The minimum absolute atomic E-state index is 0.0129. The molecule has 0 aliphatic heterocycles. The largest absolute Gasteiger partial charge is 0.445 e. The monoisotopic (exact) mass is 352 g/mol. The normalized spacial score (nSPS) is 46.5. The van der Waals surface area contributed by atoms with E-state index in [0.717, 1.165) is 38.5 Å². The van der Waals surface area contributed by atoms with Crippen LogP contribution in [0.4, 0.5) is 0 Å². The van der Waals surface area contributed by atoms with Crippen LogP contribution in [0, 0.1) is 40.9 Å². The third kappa shape index (κ3) is 2.14. The Morgan fingerprint density at radius 1 is 1.23 bits per heavy atom. The second kappa shape index (κ2) is 5.59. The molecule has 26 heavy (non-hydrogen) atoms. The van der Waals surface area contributed by atoms with Gasteiger partial charge in [-0.1, -0.05) is 31.4 Å². The lowest BCUT2D eigenvalue weighted by Gasteiger charge is -2.57. The highest BCUT2D eigenvalue weighted by atomic mass is 16.6. The summed E-state index contributed by atoms with van der Waals surface area (Å²) < 4.78 is 5.80. The standard InChI is InChI=1S/C23H28O3/c1-5-23(26-15(2)24)13-10-20-18-7-6-16-14-17(25)8-11-21(16,3)19(18)9-12-22(20,23)4/h1,8,11,14,18-20H,6-7,9-10,12-13H2,2-4H3/t18-,19+,20+,21+,22+,23-/m1/s1. The molecule has 0 aromatic carbocycles. The van der Waals surface area contributed by atoms with Crippen LogP contribution in [0.3, 0.4) is 0 Å². The third-order valence-electron chi connectivity index (χ3n) is 8.23. The lowest BCUT2D eigenvalue weighted by molar-refractivity contribution is -0.168. The Morgan fingerprint density at radius 3 is 2.65 bits per heavy atom. The maximum absolute atomic E-state index is 11.8. The Labute approximate surface area is 156 Å². The molecule has 3 saturated carbocycles. The molecule has 3 heteroatoms. The second-order valence-corrected chi connectivity index (χ2v) is 9.16. The van der Waals surface area contributed by atoms with Gasteiger partial charge in [-0.3, -0.25) is 9.59 Å². The second-order valence-electron chi connectivity index (χ2n) is 9.16. The lowest BCUT2D eigenvalue weighted by Crippen LogP contribution is -2.55. The van der Waals surface area contributed by atoms with Crippen molar-refractivity contribution in [2.45, 2.75) is 64.9 Å². The van der Waals surface area contributed by atoms with E-state index in [1.807, 2.05) is 6.08 Å². The molecule has 0 radical (unpaired) electrons. The summed E-state index contributed by atoms with van der Waals surface area (Å²) in [5.41, 5.74) is 0.377. The average Bonchev–Trinajstić information content (AvgIpc) is 2.88. The van der Waals surface area contributed by atoms with Crippen LogP contribution in [-0.2, 0) is 14.3 Å². The van der Waals surface area contributed by atoms with E-state index in [1.54, 1.807) is 6.08 Å². The number of terminal acetylenes is 1. The lowest BCUT2D eigenvalue weighted by atomic mass is 9.47. The molecule has 4 rings (SSSR count). The van der Waals surface area contributed by atoms with Gasteiger partial charge in [0.15, 0.2) is 11.4 Å². The summed E-state index contributed by atoms with van der Waals surface area (Å²) in [6.07, 6.45) is 17.6. The fourth-order valence-electron chi connectivity index (χ4n) is 6.88. The summed E-state index contributed by atoms with van der Waals surface area (Å²) >= 11 is 0. The maximum Gasteiger partial charge on any atom is 0.304 e. The van der Waals surface area contributed by atoms with Crippen molar-refractivity contribution in [2.75, 3.05) is 0 Å². The number of fused-ring (bicyclic) bond motifs is 5. The number of esters is 1. The van der Waals surface area contributed by atoms with Crippen molar-refractivity contribution in [2.24, 2.45) is 28.6 Å². The van der Waals surface area contributed by atoms with Crippen molar-refractivity contribution in [3.63, 3.8) is 0 Å². The molecule has 6 atom stereocenters. The summed E-state index contributed by atoms with van der Waals surface area (Å²) in [4.78, 5) is 23.6. The van der Waals surface area contributed by atoms with E-state index < -0.39 is 5.60 Å². The molecular formula is C23H28O3. The summed E-state index contributed by atoms with van der Waals surface area (Å²) in [6.45, 7) is 6.01. The molecule has 4 aliphatic carbocycles. The molecule has 3 fully saturated rings. The summed E-state index contributed by atoms with van der Waals surface area (Å²) in [7, 11) is 0. The topological polar surface area (TPSA) is 43.4 Å². The Hall–Kier alpha value is -1.82. The molecule has 0 saturated heterocycles. The van der Waals surface area contributed by atoms with Gasteiger partial charge in [-0.15, -0.1) is 6.42 Å². The number of ether oxygens (including phenoxy) is 1. The zero-order chi connectivity index (χ0) is 18.7. The molecule has 138 valence electrons. The first-order valence-corrected chi connectivity index (χ1v) is 9.87. The van der Waals surface area contributed by atoms with Gasteiger partial charge >= 0.3 is 5.97 Å². The minimum Gasteiger partial charge on any atom is -0.445 e. The van der Waals surface area contributed by atoms with Crippen molar-refractivity contribution >= 4 is 11.8 Å². The number of ketones is 1. The number of carbonyl (C=O) groups excluding carboxylic acids is 2. The number of hydrogen-bond acceptors (Lipinski definition) is 3. The SMILES string of the molecule is C#C[C@@]1(OC(C)=O)CC[C@H]2[C@@H]3CCC4=CC(=O)C=C[C@]4(C)[C@H]3CC[C@@]21C. The van der Waals surface area contributed by atoms with Gasteiger partial charge in [0.2, 0.25) is 0 Å². The van der Waals surface area contributed by atoms with Crippen LogP contribution in [-0.4, -0.2) is 17.4 Å². The van der Waals surface area contributed by atoms with Crippen LogP contribution in [0.2, 0.25) is 0 Å². The van der Waals surface area contributed by atoms with E-state index in [0.29, 0.717) is 17.8 Å². The summed E-state index contributed by atoms with van der Waals surface area (Å²) in [5, 5.41) is 0. The number of carbonyl (C=O) groups is 2. The number of hydrogen-bond donors (Lipinski definition) is 0. The molecule has 0 N–H and O–H groups in total. The Morgan fingerprint density at radius 2 is 1.96 bits per heavy atom. The van der Waals surface area contributed by atoms with E-state index in [1.165, 1.54) is 12.5 Å². The predicted octanol–water partition coefficient (Wildman–Crippen LogP) is 4.23. The smallest absolute Gasteiger partial charge is 0.304 e. The predicted molar refractivity (Wildman–Crippen MR) is 99.9 cm³/mol. The third-order valence-corrected chi connectivity index (χ3v) is 8.23. The van der Waals surface area contributed by atoms with Crippen LogP contribution < -0.4 is 0 Å². The van der Waals surface area contributed by atoms with Crippen LogP contribution in [0.15, 0.2) is 23.8 Å².